The van der Waals surface area contributed by atoms with E-state index in [2.05, 4.69) is 13.8 Å². The van der Waals surface area contributed by atoms with Crippen molar-refractivity contribution < 1.29 is 9.90 Å². The Morgan fingerprint density at radius 2 is 1.76 bits per heavy atom. The van der Waals surface area contributed by atoms with E-state index in [0.29, 0.717) is 18.3 Å². The van der Waals surface area contributed by atoms with E-state index < -0.39 is 6.10 Å². The third-order valence-corrected chi connectivity index (χ3v) is 3.77. The van der Waals surface area contributed by atoms with E-state index in [1.165, 1.54) is 0 Å². The predicted molar refractivity (Wildman–Crippen MR) is 69.6 cm³/mol. The van der Waals surface area contributed by atoms with E-state index in [4.69, 9.17) is 0 Å². The Morgan fingerprint density at radius 3 is 2.18 bits per heavy atom. The number of hydrogen-bond acceptors (Lipinski definition) is 2. The van der Waals surface area contributed by atoms with Crippen molar-refractivity contribution in [1.82, 2.24) is 4.90 Å². The van der Waals surface area contributed by atoms with Crippen molar-refractivity contribution in [2.24, 2.45) is 17.8 Å². The summed E-state index contributed by atoms with van der Waals surface area (Å²) < 4.78 is 0. The first-order valence-electron chi connectivity index (χ1n) is 6.88. The Hall–Kier alpha value is -0.570. The molecule has 1 unspecified atom stereocenters. The first-order chi connectivity index (χ1) is 7.91. The van der Waals surface area contributed by atoms with Crippen LogP contribution in [-0.4, -0.2) is 35.1 Å². The van der Waals surface area contributed by atoms with E-state index in [0.717, 1.165) is 31.8 Å². The fourth-order valence-corrected chi connectivity index (χ4v) is 2.54. The van der Waals surface area contributed by atoms with Crippen LogP contribution in [0.15, 0.2) is 0 Å². The lowest BCUT2D eigenvalue weighted by molar-refractivity contribution is -0.142. The molecular formula is C14H27NO2. The SMILES string of the molecule is CC(C)CC(O)C(=O)N1CCC(C(C)C)CC1. The fraction of sp³-hybridized carbons (Fsp3) is 0.929. The first-order valence-corrected chi connectivity index (χ1v) is 6.88. The number of hydrogen-bond donors (Lipinski definition) is 1. The zero-order chi connectivity index (χ0) is 13.0. The number of likely N-dealkylation sites (tertiary alicyclic amines) is 1. The van der Waals surface area contributed by atoms with Gasteiger partial charge in [-0.15, -0.1) is 0 Å². The molecule has 0 aliphatic carbocycles. The molecule has 1 rings (SSSR count). The van der Waals surface area contributed by atoms with Crippen LogP contribution in [0.3, 0.4) is 0 Å². The number of carbonyl (C=O) groups is 1. The molecule has 0 saturated carbocycles. The van der Waals surface area contributed by atoms with E-state index in [1.807, 2.05) is 18.7 Å². The molecule has 1 aliphatic rings. The van der Waals surface area contributed by atoms with Crippen LogP contribution in [0.4, 0.5) is 0 Å². The minimum atomic E-state index is -0.800. The van der Waals surface area contributed by atoms with Gasteiger partial charge in [0.05, 0.1) is 0 Å². The van der Waals surface area contributed by atoms with E-state index >= 15 is 0 Å². The lowest BCUT2D eigenvalue weighted by Gasteiger charge is -2.35. The summed E-state index contributed by atoms with van der Waals surface area (Å²) in [7, 11) is 0. The van der Waals surface area contributed by atoms with Gasteiger partial charge in [0.15, 0.2) is 0 Å². The molecule has 17 heavy (non-hydrogen) atoms. The number of carbonyl (C=O) groups excluding carboxylic acids is 1. The van der Waals surface area contributed by atoms with Crippen molar-refractivity contribution in [3.63, 3.8) is 0 Å². The summed E-state index contributed by atoms with van der Waals surface area (Å²) in [5.74, 6) is 1.73. The fourth-order valence-electron chi connectivity index (χ4n) is 2.54. The summed E-state index contributed by atoms with van der Waals surface area (Å²) >= 11 is 0. The van der Waals surface area contributed by atoms with Crippen molar-refractivity contribution in [3.8, 4) is 0 Å². The maximum absolute atomic E-state index is 12.0. The van der Waals surface area contributed by atoms with Crippen LogP contribution < -0.4 is 0 Å². The Balaban J connectivity index is 2.40. The number of piperidine rings is 1. The van der Waals surface area contributed by atoms with Gasteiger partial charge in [-0.05, 0) is 37.0 Å². The number of rotatable bonds is 4. The number of aliphatic hydroxyl groups excluding tert-OH is 1. The Bertz CT molecular complexity index is 243. The molecule has 1 heterocycles. The normalized spacial score (nSPS) is 20.1. The second-order valence-electron chi connectivity index (χ2n) is 6.05. The molecule has 0 radical (unpaired) electrons. The smallest absolute Gasteiger partial charge is 0.251 e. The van der Waals surface area contributed by atoms with Gasteiger partial charge in [-0.25, -0.2) is 0 Å². The first kappa shape index (κ1) is 14.5. The van der Waals surface area contributed by atoms with Crippen LogP contribution in [0.25, 0.3) is 0 Å². The molecule has 1 atom stereocenters. The Kier molecular flexibility index (Phi) is 5.44. The highest BCUT2D eigenvalue weighted by atomic mass is 16.3. The van der Waals surface area contributed by atoms with Crippen molar-refractivity contribution in [1.29, 1.82) is 0 Å². The molecule has 3 heteroatoms. The van der Waals surface area contributed by atoms with Crippen LogP contribution >= 0.6 is 0 Å². The van der Waals surface area contributed by atoms with Crippen LogP contribution in [0, 0.1) is 17.8 Å². The molecule has 1 fully saturated rings. The average molecular weight is 241 g/mol. The molecule has 0 spiro atoms. The molecule has 0 aromatic rings. The highest BCUT2D eigenvalue weighted by Crippen LogP contribution is 2.25. The van der Waals surface area contributed by atoms with Gasteiger partial charge in [0.2, 0.25) is 0 Å². The van der Waals surface area contributed by atoms with Crippen molar-refractivity contribution >= 4 is 5.91 Å². The molecule has 1 aliphatic heterocycles. The molecule has 100 valence electrons. The van der Waals surface area contributed by atoms with Crippen molar-refractivity contribution in [3.05, 3.63) is 0 Å². The highest BCUT2D eigenvalue weighted by Gasteiger charge is 2.28. The van der Waals surface area contributed by atoms with Gasteiger partial charge in [0, 0.05) is 13.1 Å². The molecule has 1 amide bonds. The van der Waals surface area contributed by atoms with Crippen molar-refractivity contribution in [2.45, 2.75) is 53.1 Å². The molecule has 3 nitrogen and oxygen atoms in total. The van der Waals surface area contributed by atoms with Crippen LogP contribution in [-0.2, 0) is 4.79 Å². The quantitative estimate of drug-likeness (QED) is 0.820. The summed E-state index contributed by atoms with van der Waals surface area (Å²) in [5.41, 5.74) is 0. The van der Waals surface area contributed by atoms with Gasteiger partial charge >= 0.3 is 0 Å². The molecule has 0 aromatic heterocycles. The largest absolute Gasteiger partial charge is 0.383 e. The van der Waals surface area contributed by atoms with Crippen molar-refractivity contribution in [2.75, 3.05) is 13.1 Å². The molecule has 0 bridgehead atoms. The van der Waals surface area contributed by atoms with Gasteiger partial charge < -0.3 is 10.0 Å². The predicted octanol–water partition coefficient (Wildman–Crippen LogP) is 2.29. The zero-order valence-corrected chi connectivity index (χ0v) is 11.6. The van der Waals surface area contributed by atoms with Gasteiger partial charge in [-0.1, -0.05) is 27.7 Å². The number of aliphatic hydroxyl groups is 1. The third kappa shape index (κ3) is 4.30. The Labute approximate surface area is 105 Å². The van der Waals surface area contributed by atoms with E-state index in [9.17, 15) is 9.90 Å². The van der Waals surface area contributed by atoms with E-state index in [-0.39, 0.29) is 5.91 Å². The van der Waals surface area contributed by atoms with Gasteiger partial charge in [0.1, 0.15) is 6.10 Å². The van der Waals surface area contributed by atoms with Gasteiger partial charge in [-0.3, -0.25) is 4.79 Å². The van der Waals surface area contributed by atoms with E-state index in [1.54, 1.807) is 0 Å². The maximum atomic E-state index is 12.0. The summed E-state index contributed by atoms with van der Waals surface area (Å²) in [6.45, 7) is 10.2. The molecular weight excluding hydrogens is 214 g/mol. The summed E-state index contributed by atoms with van der Waals surface area (Å²) in [6.07, 6.45) is 1.93. The van der Waals surface area contributed by atoms with Crippen LogP contribution in [0.5, 0.6) is 0 Å². The lowest BCUT2D eigenvalue weighted by Crippen LogP contribution is -2.44. The standard InChI is InChI=1S/C14H27NO2/c1-10(2)9-13(16)14(17)15-7-5-12(6-8-15)11(3)4/h10-13,16H,5-9H2,1-4H3. The van der Waals surface area contributed by atoms with Gasteiger partial charge in [-0.2, -0.15) is 0 Å². The number of amides is 1. The monoisotopic (exact) mass is 241 g/mol. The molecule has 0 aromatic carbocycles. The lowest BCUT2D eigenvalue weighted by atomic mass is 9.86. The third-order valence-electron chi connectivity index (χ3n) is 3.77. The summed E-state index contributed by atoms with van der Waals surface area (Å²) in [5, 5.41) is 9.82. The number of nitrogens with zero attached hydrogens (tertiary/aromatic N) is 1. The van der Waals surface area contributed by atoms with Crippen LogP contribution in [0.2, 0.25) is 0 Å². The molecule has 1 N–H and O–H groups in total. The Morgan fingerprint density at radius 1 is 1.24 bits per heavy atom. The van der Waals surface area contributed by atoms with Gasteiger partial charge in [0.25, 0.3) is 5.91 Å². The summed E-state index contributed by atoms with van der Waals surface area (Å²) in [4.78, 5) is 13.8. The average Bonchev–Trinajstić information content (AvgIpc) is 2.27. The second-order valence-corrected chi connectivity index (χ2v) is 6.05. The topological polar surface area (TPSA) is 40.5 Å². The minimum absolute atomic E-state index is 0.0686. The zero-order valence-electron chi connectivity index (χ0n) is 11.6. The second kappa shape index (κ2) is 6.39. The summed E-state index contributed by atoms with van der Waals surface area (Å²) in [6, 6.07) is 0. The maximum Gasteiger partial charge on any atom is 0.251 e. The van der Waals surface area contributed by atoms with Crippen LogP contribution in [0.1, 0.15) is 47.0 Å². The minimum Gasteiger partial charge on any atom is -0.383 e. The molecule has 1 saturated heterocycles. The highest BCUT2D eigenvalue weighted by molar-refractivity contribution is 5.80.